The molecule has 0 unspecified atom stereocenters. The van der Waals surface area contributed by atoms with Gasteiger partial charge >= 0.3 is 6.36 Å². The number of hydrogen-bond donors (Lipinski definition) is 2. The van der Waals surface area contributed by atoms with Crippen LogP contribution in [0.4, 0.5) is 30.8 Å². The minimum Gasteiger partial charge on any atom is -0.406 e. The summed E-state index contributed by atoms with van der Waals surface area (Å²) in [5, 5.41) is 7.79. The quantitative estimate of drug-likeness (QED) is 0.221. The van der Waals surface area contributed by atoms with Crippen molar-refractivity contribution in [3.05, 3.63) is 88.9 Å². The summed E-state index contributed by atoms with van der Waals surface area (Å²) in [4.78, 5) is 13.3. The fourth-order valence-electron chi connectivity index (χ4n) is 2.90. The molecule has 3 aromatic carbocycles. The summed E-state index contributed by atoms with van der Waals surface area (Å²) in [6, 6.07) is 20.0. The number of halogens is 4. The first-order chi connectivity index (χ1) is 16.7. The van der Waals surface area contributed by atoms with Crippen molar-refractivity contribution >= 4 is 35.4 Å². The van der Waals surface area contributed by atoms with Crippen LogP contribution >= 0.6 is 11.6 Å². The molecule has 11 heteroatoms. The van der Waals surface area contributed by atoms with Crippen LogP contribution in [0, 0.1) is 6.92 Å². The predicted molar refractivity (Wildman–Crippen MR) is 129 cm³/mol. The molecular weight excluding hydrogens is 481 g/mol. The number of alkyl halides is 3. The van der Waals surface area contributed by atoms with Crippen LogP contribution in [0.1, 0.15) is 11.1 Å². The Morgan fingerprint density at radius 3 is 2.17 bits per heavy atom. The highest BCUT2D eigenvalue weighted by atomic mass is 35.5. The van der Waals surface area contributed by atoms with Gasteiger partial charge in [-0.1, -0.05) is 41.4 Å². The monoisotopic (exact) mass is 498 g/mol. The van der Waals surface area contributed by atoms with Crippen molar-refractivity contribution in [2.45, 2.75) is 13.3 Å². The Balaban J connectivity index is 1.55. The van der Waals surface area contributed by atoms with E-state index >= 15 is 0 Å². The van der Waals surface area contributed by atoms with E-state index in [0.29, 0.717) is 16.4 Å². The van der Waals surface area contributed by atoms with E-state index in [1.165, 1.54) is 30.5 Å². The molecule has 0 aliphatic carbocycles. The van der Waals surface area contributed by atoms with Crippen LogP contribution in [-0.2, 0) is 0 Å². The average molecular weight is 499 g/mol. The number of nitrogens with zero attached hydrogens (tertiary/aromatic N) is 4. The highest BCUT2D eigenvalue weighted by molar-refractivity contribution is 6.30. The summed E-state index contributed by atoms with van der Waals surface area (Å²) in [7, 11) is 0. The number of hydrogen-bond acceptors (Lipinski definition) is 7. The minimum atomic E-state index is -4.75. The second-order valence-corrected chi connectivity index (χ2v) is 7.73. The summed E-state index contributed by atoms with van der Waals surface area (Å²) in [5.41, 5.74) is 5.88. The molecule has 1 heterocycles. The molecule has 178 valence electrons. The molecule has 4 rings (SSSR count). The van der Waals surface area contributed by atoms with E-state index in [0.717, 1.165) is 16.8 Å². The zero-order chi connectivity index (χ0) is 24.8. The number of hydrazone groups is 1. The van der Waals surface area contributed by atoms with Gasteiger partial charge in [0, 0.05) is 16.3 Å². The van der Waals surface area contributed by atoms with E-state index in [-0.39, 0.29) is 17.6 Å². The molecule has 0 saturated carbocycles. The van der Waals surface area contributed by atoms with Crippen LogP contribution in [0.3, 0.4) is 0 Å². The Morgan fingerprint density at radius 1 is 0.857 bits per heavy atom. The number of anilines is 3. The molecule has 2 N–H and O–H groups in total. The van der Waals surface area contributed by atoms with Crippen LogP contribution in [-0.4, -0.2) is 27.5 Å². The number of nitrogens with one attached hydrogen (secondary N) is 2. The molecule has 0 bridgehead atoms. The third-order valence-electron chi connectivity index (χ3n) is 4.54. The number of ether oxygens (including phenoxy) is 1. The molecule has 0 aliphatic heterocycles. The number of aromatic nitrogens is 3. The molecule has 0 spiro atoms. The molecule has 35 heavy (non-hydrogen) atoms. The SMILES string of the molecule is Cc1ccc(-c2nc(N/N=C/c3ccc(OC(F)(F)F)cc3)nc(Nc3ccc(Cl)cc3)n2)cc1. The topological polar surface area (TPSA) is 84.3 Å². The maximum absolute atomic E-state index is 12.3. The van der Waals surface area contributed by atoms with Gasteiger partial charge in [-0.05, 0) is 61.0 Å². The largest absolute Gasteiger partial charge is 0.573 e. The van der Waals surface area contributed by atoms with E-state index in [4.69, 9.17) is 11.6 Å². The lowest BCUT2D eigenvalue weighted by Gasteiger charge is -2.09. The van der Waals surface area contributed by atoms with Gasteiger partial charge in [0.2, 0.25) is 11.9 Å². The van der Waals surface area contributed by atoms with E-state index in [9.17, 15) is 13.2 Å². The minimum absolute atomic E-state index is 0.167. The van der Waals surface area contributed by atoms with Crippen LogP contribution < -0.4 is 15.5 Å². The van der Waals surface area contributed by atoms with Crippen molar-refractivity contribution in [1.29, 1.82) is 0 Å². The summed E-state index contributed by atoms with van der Waals surface area (Å²) < 4.78 is 40.8. The highest BCUT2D eigenvalue weighted by Gasteiger charge is 2.30. The van der Waals surface area contributed by atoms with Gasteiger partial charge in [-0.25, -0.2) is 5.43 Å². The van der Waals surface area contributed by atoms with Gasteiger partial charge in [0.15, 0.2) is 5.82 Å². The van der Waals surface area contributed by atoms with Gasteiger partial charge in [0.25, 0.3) is 0 Å². The number of benzene rings is 3. The van der Waals surface area contributed by atoms with Crippen molar-refractivity contribution < 1.29 is 17.9 Å². The number of rotatable bonds is 7. The maximum atomic E-state index is 12.3. The molecule has 0 fully saturated rings. The Labute approximate surface area is 203 Å². The molecular formula is C24H18ClF3N6O. The Hall–Kier alpha value is -4.18. The predicted octanol–water partition coefficient (Wildman–Crippen LogP) is 6.59. The lowest BCUT2D eigenvalue weighted by atomic mass is 10.1. The van der Waals surface area contributed by atoms with Crippen LogP contribution in [0.5, 0.6) is 5.75 Å². The molecule has 0 radical (unpaired) electrons. The molecule has 0 atom stereocenters. The van der Waals surface area contributed by atoms with Crippen LogP contribution in [0.2, 0.25) is 5.02 Å². The second-order valence-electron chi connectivity index (χ2n) is 7.29. The third kappa shape index (κ3) is 7.15. The van der Waals surface area contributed by atoms with Crippen molar-refractivity contribution in [2.24, 2.45) is 5.10 Å². The van der Waals surface area contributed by atoms with Gasteiger partial charge in [0.05, 0.1) is 6.21 Å². The Kier molecular flexibility index (Phi) is 7.11. The Morgan fingerprint density at radius 2 is 1.51 bits per heavy atom. The molecule has 1 aromatic heterocycles. The van der Waals surface area contributed by atoms with Crippen LogP contribution in [0.15, 0.2) is 77.9 Å². The Bertz CT molecular complexity index is 1310. The highest BCUT2D eigenvalue weighted by Crippen LogP contribution is 2.23. The molecule has 0 saturated heterocycles. The van der Waals surface area contributed by atoms with E-state index in [1.54, 1.807) is 24.3 Å². The molecule has 0 aliphatic rings. The smallest absolute Gasteiger partial charge is 0.406 e. The van der Waals surface area contributed by atoms with Gasteiger partial charge < -0.3 is 10.1 Å². The summed E-state index contributed by atoms with van der Waals surface area (Å²) in [6.45, 7) is 1.98. The third-order valence-corrected chi connectivity index (χ3v) is 4.79. The maximum Gasteiger partial charge on any atom is 0.573 e. The first-order valence-electron chi connectivity index (χ1n) is 10.2. The average Bonchev–Trinajstić information content (AvgIpc) is 2.81. The van der Waals surface area contributed by atoms with Crippen molar-refractivity contribution in [3.63, 3.8) is 0 Å². The summed E-state index contributed by atoms with van der Waals surface area (Å²) in [5.74, 6) is 0.549. The summed E-state index contributed by atoms with van der Waals surface area (Å²) >= 11 is 5.95. The lowest BCUT2D eigenvalue weighted by Crippen LogP contribution is -2.17. The fraction of sp³-hybridized carbons (Fsp3) is 0.0833. The zero-order valence-electron chi connectivity index (χ0n) is 18.2. The van der Waals surface area contributed by atoms with Crippen molar-refractivity contribution in [1.82, 2.24) is 15.0 Å². The van der Waals surface area contributed by atoms with Gasteiger partial charge in [0.1, 0.15) is 5.75 Å². The van der Waals surface area contributed by atoms with Crippen LogP contribution in [0.25, 0.3) is 11.4 Å². The first-order valence-corrected chi connectivity index (χ1v) is 10.6. The second kappa shape index (κ2) is 10.4. The van der Waals surface area contributed by atoms with Gasteiger partial charge in [-0.3, -0.25) is 0 Å². The van der Waals surface area contributed by atoms with Crippen molar-refractivity contribution in [3.8, 4) is 17.1 Å². The normalized spacial score (nSPS) is 11.5. The van der Waals surface area contributed by atoms with Gasteiger partial charge in [-0.15, -0.1) is 13.2 Å². The molecule has 7 nitrogen and oxygen atoms in total. The first kappa shape index (κ1) is 24.0. The standard InChI is InChI=1S/C24H18ClF3N6O/c1-15-2-6-17(7-3-15)21-31-22(30-19-10-8-18(25)9-11-19)33-23(32-21)34-29-14-16-4-12-20(13-5-16)35-24(26,27)28/h2-14H,1H3,(H2,30,31,32,33,34)/b29-14+. The van der Waals surface area contributed by atoms with Crippen molar-refractivity contribution in [2.75, 3.05) is 10.7 Å². The van der Waals surface area contributed by atoms with E-state index in [2.05, 4.69) is 35.5 Å². The molecule has 4 aromatic rings. The summed E-state index contributed by atoms with van der Waals surface area (Å²) in [6.07, 6.45) is -3.33. The zero-order valence-corrected chi connectivity index (χ0v) is 19.0. The molecule has 0 amide bonds. The number of aryl methyl sites for hydroxylation is 1. The lowest BCUT2D eigenvalue weighted by molar-refractivity contribution is -0.274. The fourth-order valence-corrected chi connectivity index (χ4v) is 3.02. The van der Waals surface area contributed by atoms with E-state index < -0.39 is 6.36 Å². The van der Waals surface area contributed by atoms with Gasteiger partial charge in [-0.2, -0.15) is 20.1 Å². The van der Waals surface area contributed by atoms with E-state index in [1.807, 2.05) is 31.2 Å².